The lowest BCUT2D eigenvalue weighted by Crippen LogP contribution is -2.31. The van der Waals surface area contributed by atoms with E-state index in [-0.39, 0.29) is 17.7 Å². The first-order valence-corrected chi connectivity index (χ1v) is 9.75. The zero-order valence-corrected chi connectivity index (χ0v) is 16.5. The van der Waals surface area contributed by atoms with Gasteiger partial charge in [0.2, 0.25) is 5.91 Å². The van der Waals surface area contributed by atoms with E-state index in [1.807, 2.05) is 43.0 Å². The summed E-state index contributed by atoms with van der Waals surface area (Å²) in [4.78, 5) is 26.2. The Hall–Kier alpha value is -2.34. The molecule has 1 aliphatic heterocycles. The van der Waals surface area contributed by atoms with Crippen LogP contribution in [0.2, 0.25) is 5.02 Å². The predicted molar refractivity (Wildman–Crippen MR) is 105 cm³/mol. The van der Waals surface area contributed by atoms with Gasteiger partial charge in [-0.25, -0.2) is 4.68 Å². The van der Waals surface area contributed by atoms with E-state index < -0.39 is 0 Å². The number of amides is 2. The SMILES string of the molecule is CC(C)c1c(C(=O)NCCCN2CCCC2=O)cnn1-c1cccc(Cl)c1. The molecule has 1 aromatic heterocycles. The quantitative estimate of drug-likeness (QED) is 0.739. The summed E-state index contributed by atoms with van der Waals surface area (Å²) in [6.45, 7) is 6.12. The van der Waals surface area contributed by atoms with E-state index in [1.165, 1.54) is 0 Å². The third kappa shape index (κ3) is 4.50. The largest absolute Gasteiger partial charge is 0.352 e. The molecular formula is C20H25ClN4O2. The molecule has 0 atom stereocenters. The van der Waals surface area contributed by atoms with Crippen LogP contribution in [0.25, 0.3) is 5.69 Å². The predicted octanol–water partition coefficient (Wildman–Crippen LogP) is 3.39. The molecule has 1 aromatic carbocycles. The highest BCUT2D eigenvalue weighted by Gasteiger charge is 2.22. The van der Waals surface area contributed by atoms with Gasteiger partial charge >= 0.3 is 0 Å². The topological polar surface area (TPSA) is 67.2 Å². The van der Waals surface area contributed by atoms with Crippen molar-refractivity contribution >= 4 is 23.4 Å². The number of nitrogens with one attached hydrogen (secondary N) is 1. The zero-order chi connectivity index (χ0) is 19.4. The lowest BCUT2D eigenvalue weighted by Gasteiger charge is -2.16. The third-order valence-electron chi connectivity index (χ3n) is 4.71. The summed E-state index contributed by atoms with van der Waals surface area (Å²) in [5, 5.41) is 7.99. The number of nitrogens with zero attached hydrogens (tertiary/aromatic N) is 3. The van der Waals surface area contributed by atoms with Crippen molar-refractivity contribution in [2.24, 2.45) is 0 Å². The molecule has 1 N–H and O–H groups in total. The molecule has 6 nitrogen and oxygen atoms in total. The second-order valence-electron chi connectivity index (χ2n) is 7.08. The van der Waals surface area contributed by atoms with Gasteiger partial charge in [0.1, 0.15) is 0 Å². The van der Waals surface area contributed by atoms with Crippen molar-refractivity contribution in [1.29, 1.82) is 0 Å². The highest BCUT2D eigenvalue weighted by molar-refractivity contribution is 6.30. The summed E-state index contributed by atoms with van der Waals surface area (Å²) in [5.41, 5.74) is 2.25. The minimum atomic E-state index is -0.139. The first-order valence-electron chi connectivity index (χ1n) is 9.37. The average Bonchev–Trinajstić information content (AvgIpc) is 3.25. The molecule has 1 fully saturated rings. The van der Waals surface area contributed by atoms with Crippen LogP contribution in [0.15, 0.2) is 30.5 Å². The molecule has 1 saturated heterocycles. The zero-order valence-electron chi connectivity index (χ0n) is 15.7. The Morgan fingerprint density at radius 1 is 1.37 bits per heavy atom. The van der Waals surface area contributed by atoms with Crippen LogP contribution in [0, 0.1) is 0 Å². The second-order valence-corrected chi connectivity index (χ2v) is 7.52. The molecule has 0 bridgehead atoms. The molecule has 0 aliphatic carbocycles. The first kappa shape index (κ1) is 19.4. The van der Waals surface area contributed by atoms with E-state index in [0.717, 1.165) is 30.8 Å². The number of benzene rings is 1. The van der Waals surface area contributed by atoms with Gasteiger partial charge < -0.3 is 10.2 Å². The Morgan fingerprint density at radius 2 is 2.19 bits per heavy atom. The van der Waals surface area contributed by atoms with E-state index in [9.17, 15) is 9.59 Å². The summed E-state index contributed by atoms with van der Waals surface area (Å²) in [6.07, 6.45) is 3.94. The number of halogens is 1. The number of hydrogen-bond acceptors (Lipinski definition) is 3. The molecule has 0 spiro atoms. The molecule has 0 radical (unpaired) electrons. The molecule has 1 aliphatic rings. The van der Waals surface area contributed by atoms with Gasteiger partial charge in [-0.15, -0.1) is 0 Å². The monoisotopic (exact) mass is 388 g/mol. The number of rotatable bonds is 7. The van der Waals surface area contributed by atoms with Gasteiger partial charge in [-0.3, -0.25) is 9.59 Å². The number of carbonyl (C=O) groups excluding carboxylic acids is 2. The summed E-state index contributed by atoms with van der Waals surface area (Å²) >= 11 is 6.10. The van der Waals surface area contributed by atoms with E-state index in [2.05, 4.69) is 10.4 Å². The van der Waals surface area contributed by atoms with Crippen LogP contribution in [-0.2, 0) is 4.79 Å². The summed E-state index contributed by atoms with van der Waals surface area (Å²) in [5.74, 6) is 0.195. The smallest absolute Gasteiger partial charge is 0.254 e. The van der Waals surface area contributed by atoms with Gasteiger partial charge in [0.05, 0.1) is 23.1 Å². The van der Waals surface area contributed by atoms with Crippen LogP contribution in [0.1, 0.15) is 55.1 Å². The van der Waals surface area contributed by atoms with E-state index in [0.29, 0.717) is 30.1 Å². The van der Waals surface area contributed by atoms with Crippen molar-refractivity contribution in [3.05, 3.63) is 46.7 Å². The Morgan fingerprint density at radius 3 is 2.85 bits per heavy atom. The molecule has 2 heterocycles. The number of hydrogen-bond donors (Lipinski definition) is 1. The van der Waals surface area contributed by atoms with Crippen molar-refractivity contribution in [2.45, 2.75) is 39.0 Å². The van der Waals surface area contributed by atoms with Crippen LogP contribution in [-0.4, -0.2) is 46.1 Å². The van der Waals surface area contributed by atoms with Crippen molar-refractivity contribution in [1.82, 2.24) is 20.0 Å². The van der Waals surface area contributed by atoms with Crippen molar-refractivity contribution in [3.8, 4) is 5.69 Å². The molecule has 27 heavy (non-hydrogen) atoms. The van der Waals surface area contributed by atoms with Crippen molar-refractivity contribution in [2.75, 3.05) is 19.6 Å². The Kier molecular flexibility index (Phi) is 6.16. The highest BCUT2D eigenvalue weighted by atomic mass is 35.5. The molecule has 2 amide bonds. The van der Waals surface area contributed by atoms with Crippen LogP contribution < -0.4 is 5.32 Å². The van der Waals surface area contributed by atoms with E-state index >= 15 is 0 Å². The maximum Gasteiger partial charge on any atom is 0.254 e. The molecule has 3 rings (SSSR count). The number of aromatic nitrogens is 2. The van der Waals surface area contributed by atoms with Gasteiger partial charge in [0.25, 0.3) is 5.91 Å². The summed E-state index contributed by atoms with van der Waals surface area (Å²) in [6, 6.07) is 7.42. The minimum Gasteiger partial charge on any atom is -0.352 e. The molecule has 0 unspecified atom stereocenters. The second kappa shape index (κ2) is 8.57. The van der Waals surface area contributed by atoms with Crippen LogP contribution in [0.5, 0.6) is 0 Å². The standard InChI is InChI=1S/C20H25ClN4O2/c1-14(2)19-17(13-23-25(19)16-7-3-6-15(21)12-16)20(27)22-9-5-11-24-10-4-8-18(24)26/h3,6-7,12-14H,4-5,8-11H2,1-2H3,(H,22,27). The Bertz CT molecular complexity index is 831. The normalized spacial score (nSPS) is 14.2. The van der Waals surface area contributed by atoms with Gasteiger partial charge in [0, 0.05) is 31.1 Å². The average molecular weight is 389 g/mol. The number of carbonyl (C=O) groups is 2. The molecule has 144 valence electrons. The molecule has 2 aromatic rings. The van der Waals surface area contributed by atoms with Gasteiger partial charge in [0.15, 0.2) is 0 Å². The lowest BCUT2D eigenvalue weighted by molar-refractivity contribution is -0.127. The van der Waals surface area contributed by atoms with Crippen LogP contribution >= 0.6 is 11.6 Å². The Labute approximate surface area is 164 Å². The minimum absolute atomic E-state index is 0.120. The van der Waals surface area contributed by atoms with Gasteiger partial charge in [-0.2, -0.15) is 5.10 Å². The fraction of sp³-hybridized carbons (Fsp3) is 0.450. The van der Waals surface area contributed by atoms with E-state index in [1.54, 1.807) is 10.9 Å². The summed E-state index contributed by atoms with van der Waals surface area (Å²) in [7, 11) is 0. The maximum atomic E-state index is 12.7. The molecule has 7 heteroatoms. The molecular weight excluding hydrogens is 364 g/mol. The third-order valence-corrected chi connectivity index (χ3v) is 4.95. The van der Waals surface area contributed by atoms with Gasteiger partial charge in [-0.1, -0.05) is 31.5 Å². The van der Waals surface area contributed by atoms with E-state index in [4.69, 9.17) is 11.6 Å². The van der Waals surface area contributed by atoms with Crippen molar-refractivity contribution < 1.29 is 9.59 Å². The maximum absolute atomic E-state index is 12.7. The van der Waals surface area contributed by atoms with Crippen LogP contribution in [0.4, 0.5) is 0 Å². The number of likely N-dealkylation sites (tertiary alicyclic amines) is 1. The fourth-order valence-corrected chi connectivity index (χ4v) is 3.59. The Balaban J connectivity index is 1.66. The lowest BCUT2D eigenvalue weighted by atomic mass is 10.0. The first-order chi connectivity index (χ1) is 13.0. The molecule has 0 saturated carbocycles. The fourth-order valence-electron chi connectivity index (χ4n) is 3.41. The van der Waals surface area contributed by atoms with Crippen LogP contribution in [0.3, 0.4) is 0 Å². The summed E-state index contributed by atoms with van der Waals surface area (Å²) < 4.78 is 1.77. The van der Waals surface area contributed by atoms with Crippen molar-refractivity contribution in [3.63, 3.8) is 0 Å². The highest BCUT2D eigenvalue weighted by Crippen LogP contribution is 2.24. The van der Waals surface area contributed by atoms with Gasteiger partial charge in [-0.05, 0) is 37.0 Å².